The molecule has 0 spiro atoms. The molecule has 0 aliphatic heterocycles. The van der Waals surface area contributed by atoms with Crippen LogP contribution in [0, 0.1) is 0 Å². The molecule has 1 N–H and O–H groups in total. The number of nitrogens with one attached hydrogen (secondary N) is 1. The van der Waals surface area contributed by atoms with E-state index in [1.54, 1.807) is 0 Å². The third-order valence-electron chi connectivity index (χ3n) is 1.51. The van der Waals surface area contributed by atoms with Crippen LogP contribution >= 0.6 is 0 Å². The Labute approximate surface area is 72.4 Å². The van der Waals surface area contributed by atoms with Crippen molar-refractivity contribution in [3.05, 3.63) is 11.7 Å². The normalized spacial score (nSPS) is 10.5. The first kappa shape index (κ1) is 9.19. The molecular weight excluding hydrogens is 154 g/mol. The molecule has 0 unspecified atom stereocenters. The molecule has 68 valence electrons. The van der Waals surface area contributed by atoms with Crippen molar-refractivity contribution in [1.82, 2.24) is 15.5 Å². The molecule has 0 radical (unpaired) electrons. The van der Waals surface area contributed by atoms with Gasteiger partial charge in [0.05, 0.1) is 6.54 Å². The van der Waals surface area contributed by atoms with Gasteiger partial charge in [-0.15, -0.1) is 0 Å². The van der Waals surface area contributed by atoms with Crippen LogP contribution in [0.3, 0.4) is 0 Å². The van der Waals surface area contributed by atoms with Crippen LogP contribution in [0.15, 0.2) is 4.52 Å². The maximum absolute atomic E-state index is 5.00. The van der Waals surface area contributed by atoms with E-state index in [0.29, 0.717) is 12.4 Å². The highest BCUT2D eigenvalue weighted by Crippen LogP contribution is 1.99. The van der Waals surface area contributed by atoms with Gasteiger partial charge in [-0.05, 0) is 13.0 Å². The molecule has 1 rings (SSSR count). The van der Waals surface area contributed by atoms with Crippen LogP contribution in [0.4, 0.5) is 0 Å². The fraction of sp³-hybridized carbons (Fsp3) is 0.750. The van der Waals surface area contributed by atoms with E-state index in [1.165, 1.54) is 0 Å². The number of hydrogen-bond donors (Lipinski definition) is 1. The van der Waals surface area contributed by atoms with Crippen LogP contribution < -0.4 is 5.32 Å². The Morgan fingerprint density at radius 3 is 2.92 bits per heavy atom. The summed E-state index contributed by atoms with van der Waals surface area (Å²) in [4.78, 5) is 4.20. The molecule has 0 fully saturated rings. The molecule has 0 aliphatic rings. The van der Waals surface area contributed by atoms with Gasteiger partial charge in [0.15, 0.2) is 5.82 Å². The molecule has 4 heteroatoms. The number of aryl methyl sites for hydroxylation is 1. The first-order valence-electron chi connectivity index (χ1n) is 4.39. The molecule has 0 saturated carbocycles. The van der Waals surface area contributed by atoms with E-state index in [-0.39, 0.29) is 0 Å². The Kier molecular flexibility index (Phi) is 3.73. The van der Waals surface area contributed by atoms with Crippen molar-refractivity contribution in [2.45, 2.75) is 33.2 Å². The number of rotatable bonds is 5. The summed E-state index contributed by atoms with van der Waals surface area (Å²) in [6.45, 7) is 5.74. The molecule has 0 atom stereocenters. The summed E-state index contributed by atoms with van der Waals surface area (Å²) in [6, 6.07) is 0. The van der Waals surface area contributed by atoms with Gasteiger partial charge in [0.2, 0.25) is 5.89 Å². The molecule has 0 aromatic carbocycles. The Morgan fingerprint density at radius 2 is 2.25 bits per heavy atom. The molecule has 0 saturated heterocycles. The van der Waals surface area contributed by atoms with Crippen LogP contribution in [0.5, 0.6) is 0 Å². The van der Waals surface area contributed by atoms with Crippen molar-refractivity contribution in [2.24, 2.45) is 0 Å². The molecular formula is C8H15N3O. The lowest BCUT2D eigenvalue weighted by Crippen LogP contribution is -2.11. The first-order valence-corrected chi connectivity index (χ1v) is 4.39. The lowest BCUT2D eigenvalue weighted by molar-refractivity contribution is 0.364. The lowest BCUT2D eigenvalue weighted by Gasteiger charge is -1.92. The van der Waals surface area contributed by atoms with E-state index >= 15 is 0 Å². The van der Waals surface area contributed by atoms with E-state index in [9.17, 15) is 0 Å². The van der Waals surface area contributed by atoms with Gasteiger partial charge in [0.1, 0.15) is 0 Å². The van der Waals surface area contributed by atoms with Gasteiger partial charge in [-0.1, -0.05) is 19.0 Å². The van der Waals surface area contributed by atoms with Crippen molar-refractivity contribution >= 4 is 0 Å². The average Bonchev–Trinajstić information content (AvgIpc) is 2.50. The summed E-state index contributed by atoms with van der Waals surface area (Å²) < 4.78 is 5.00. The topological polar surface area (TPSA) is 51.0 Å². The molecule has 0 bridgehead atoms. The summed E-state index contributed by atoms with van der Waals surface area (Å²) in [7, 11) is 0. The number of hydrogen-bond acceptors (Lipinski definition) is 4. The van der Waals surface area contributed by atoms with Crippen molar-refractivity contribution in [1.29, 1.82) is 0 Å². The highest BCUT2D eigenvalue weighted by molar-refractivity contribution is 4.85. The summed E-state index contributed by atoms with van der Waals surface area (Å²) in [6.07, 6.45) is 1.95. The molecule has 0 aliphatic carbocycles. The van der Waals surface area contributed by atoms with Crippen LogP contribution in [0.1, 0.15) is 32.0 Å². The van der Waals surface area contributed by atoms with E-state index in [1.807, 2.05) is 6.92 Å². The minimum Gasteiger partial charge on any atom is -0.338 e. The molecule has 4 nitrogen and oxygen atoms in total. The molecule has 12 heavy (non-hydrogen) atoms. The summed E-state index contributed by atoms with van der Waals surface area (Å²) >= 11 is 0. The largest absolute Gasteiger partial charge is 0.338 e. The first-order chi connectivity index (χ1) is 5.86. The molecule has 1 aromatic rings. The Hall–Kier alpha value is -0.900. The Morgan fingerprint density at radius 1 is 1.42 bits per heavy atom. The quantitative estimate of drug-likeness (QED) is 0.718. The second-order valence-electron chi connectivity index (χ2n) is 2.63. The average molecular weight is 169 g/mol. The number of aromatic nitrogens is 2. The SMILES string of the molecule is CCCc1noc(CNCC)n1. The monoisotopic (exact) mass is 169 g/mol. The minimum atomic E-state index is 0.674. The van der Waals surface area contributed by atoms with Gasteiger partial charge in [0, 0.05) is 6.42 Å². The fourth-order valence-corrected chi connectivity index (χ4v) is 0.919. The van der Waals surface area contributed by atoms with Gasteiger partial charge >= 0.3 is 0 Å². The lowest BCUT2D eigenvalue weighted by atomic mass is 10.3. The van der Waals surface area contributed by atoms with Gasteiger partial charge in [-0.2, -0.15) is 4.98 Å². The highest BCUT2D eigenvalue weighted by atomic mass is 16.5. The van der Waals surface area contributed by atoms with Crippen molar-refractivity contribution in [3.8, 4) is 0 Å². The second kappa shape index (κ2) is 4.87. The maximum Gasteiger partial charge on any atom is 0.240 e. The second-order valence-corrected chi connectivity index (χ2v) is 2.63. The minimum absolute atomic E-state index is 0.674. The maximum atomic E-state index is 5.00. The third kappa shape index (κ3) is 2.62. The Bertz CT molecular complexity index is 222. The predicted molar refractivity (Wildman–Crippen MR) is 45.7 cm³/mol. The van der Waals surface area contributed by atoms with Crippen LogP contribution in [0.25, 0.3) is 0 Å². The summed E-state index contributed by atoms with van der Waals surface area (Å²) in [5, 5.41) is 6.96. The van der Waals surface area contributed by atoms with E-state index in [2.05, 4.69) is 22.4 Å². The van der Waals surface area contributed by atoms with E-state index < -0.39 is 0 Å². The van der Waals surface area contributed by atoms with Crippen LogP contribution in [0.2, 0.25) is 0 Å². The third-order valence-corrected chi connectivity index (χ3v) is 1.51. The van der Waals surface area contributed by atoms with Gasteiger partial charge in [0.25, 0.3) is 0 Å². The molecule has 1 heterocycles. The van der Waals surface area contributed by atoms with Crippen molar-refractivity contribution in [3.63, 3.8) is 0 Å². The van der Waals surface area contributed by atoms with Gasteiger partial charge in [-0.3, -0.25) is 0 Å². The predicted octanol–water partition coefficient (Wildman–Crippen LogP) is 1.13. The summed E-state index contributed by atoms with van der Waals surface area (Å²) in [5.41, 5.74) is 0. The van der Waals surface area contributed by atoms with Crippen molar-refractivity contribution < 1.29 is 4.52 Å². The van der Waals surface area contributed by atoms with Gasteiger partial charge in [-0.25, -0.2) is 0 Å². The smallest absolute Gasteiger partial charge is 0.240 e. The van der Waals surface area contributed by atoms with Gasteiger partial charge < -0.3 is 9.84 Å². The summed E-state index contributed by atoms with van der Waals surface area (Å²) in [5.74, 6) is 1.49. The van der Waals surface area contributed by atoms with Crippen LogP contribution in [-0.2, 0) is 13.0 Å². The zero-order valence-electron chi connectivity index (χ0n) is 7.63. The number of nitrogens with zero attached hydrogens (tertiary/aromatic N) is 2. The molecule has 1 aromatic heterocycles. The van der Waals surface area contributed by atoms with E-state index in [0.717, 1.165) is 25.2 Å². The zero-order chi connectivity index (χ0) is 8.81. The Balaban J connectivity index is 2.41. The fourth-order valence-electron chi connectivity index (χ4n) is 0.919. The standard InChI is InChI=1S/C8H15N3O/c1-3-5-7-10-8(12-11-7)6-9-4-2/h9H,3-6H2,1-2H3. The van der Waals surface area contributed by atoms with E-state index in [4.69, 9.17) is 4.52 Å². The van der Waals surface area contributed by atoms with Crippen molar-refractivity contribution in [2.75, 3.05) is 6.54 Å². The highest BCUT2D eigenvalue weighted by Gasteiger charge is 2.03. The molecule has 0 amide bonds. The van der Waals surface area contributed by atoms with Crippen LogP contribution in [-0.4, -0.2) is 16.7 Å². The zero-order valence-corrected chi connectivity index (χ0v) is 7.63.